The number of halogens is 3. The van der Waals surface area contributed by atoms with Crippen LogP contribution in [0.15, 0.2) is 46.9 Å². The van der Waals surface area contributed by atoms with E-state index in [0.717, 1.165) is 0 Å². The third kappa shape index (κ3) is 5.22. The molecule has 0 saturated carbocycles. The molecule has 2 aromatic carbocycles. The van der Waals surface area contributed by atoms with Crippen LogP contribution in [-0.2, 0) is 4.79 Å². The van der Waals surface area contributed by atoms with Gasteiger partial charge in [0.1, 0.15) is 11.6 Å². The van der Waals surface area contributed by atoms with Crippen molar-refractivity contribution >= 4 is 39.3 Å². The Morgan fingerprint density at radius 3 is 2.65 bits per heavy atom. The molecule has 23 heavy (non-hydrogen) atoms. The first-order valence-electron chi connectivity index (χ1n) is 6.38. The van der Waals surface area contributed by atoms with Gasteiger partial charge in [0, 0.05) is 10.6 Å². The molecule has 2 N–H and O–H groups in total. The van der Waals surface area contributed by atoms with Crippen molar-refractivity contribution in [1.82, 2.24) is 10.9 Å². The Morgan fingerprint density at radius 2 is 1.96 bits per heavy atom. The van der Waals surface area contributed by atoms with E-state index in [0.29, 0.717) is 20.8 Å². The lowest BCUT2D eigenvalue weighted by Crippen LogP contribution is -2.43. The molecule has 0 aliphatic carbocycles. The summed E-state index contributed by atoms with van der Waals surface area (Å²) in [7, 11) is 0. The zero-order valence-electron chi connectivity index (χ0n) is 11.6. The van der Waals surface area contributed by atoms with Crippen molar-refractivity contribution in [2.45, 2.75) is 0 Å². The fraction of sp³-hybridized carbons (Fsp3) is 0.0667. The maximum atomic E-state index is 12.9. The minimum Gasteiger partial charge on any atom is -0.483 e. The summed E-state index contributed by atoms with van der Waals surface area (Å²) >= 11 is 8.89. The first-order valence-corrected chi connectivity index (χ1v) is 7.55. The van der Waals surface area contributed by atoms with Crippen LogP contribution in [0, 0.1) is 5.82 Å². The van der Waals surface area contributed by atoms with Crippen LogP contribution in [0.4, 0.5) is 4.39 Å². The number of benzene rings is 2. The summed E-state index contributed by atoms with van der Waals surface area (Å²) in [5.41, 5.74) is 4.75. The molecule has 2 amide bonds. The molecule has 0 spiro atoms. The van der Waals surface area contributed by atoms with Gasteiger partial charge in [-0.05, 0) is 52.3 Å². The summed E-state index contributed by atoms with van der Waals surface area (Å²) < 4.78 is 18.5. The van der Waals surface area contributed by atoms with E-state index in [1.165, 1.54) is 24.3 Å². The van der Waals surface area contributed by atoms with Crippen LogP contribution < -0.4 is 15.6 Å². The second-order valence-corrected chi connectivity index (χ2v) is 5.67. The highest BCUT2D eigenvalue weighted by Crippen LogP contribution is 2.25. The lowest BCUT2D eigenvalue weighted by atomic mass is 10.2. The summed E-state index contributed by atoms with van der Waals surface area (Å²) in [5.74, 6) is -1.20. The van der Waals surface area contributed by atoms with Gasteiger partial charge in [0.05, 0.1) is 4.47 Å². The predicted molar refractivity (Wildman–Crippen MR) is 86.7 cm³/mol. The van der Waals surface area contributed by atoms with Crippen molar-refractivity contribution in [3.63, 3.8) is 0 Å². The predicted octanol–water partition coefficient (Wildman–Crippen LogP) is 3.08. The molecule has 0 aromatic heterocycles. The number of ether oxygens (including phenoxy) is 1. The quantitative estimate of drug-likeness (QED) is 0.774. The van der Waals surface area contributed by atoms with Gasteiger partial charge in [0.2, 0.25) is 0 Å². The van der Waals surface area contributed by atoms with Crippen LogP contribution in [0.2, 0.25) is 5.02 Å². The molecule has 0 bridgehead atoms. The molecule has 2 aromatic rings. The Labute approximate surface area is 144 Å². The Bertz CT molecular complexity index is 742. The van der Waals surface area contributed by atoms with Gasteiger partial charge in [-0.1, -0.05) is 17.7 Å². The summed E-state index contributed by atoms with van der Waals surface area (Å²) in [5, 5.41) is 0.411. The molecule has 8 heteroatoms. The van der Waals surface area contributed by atoms with Gasteiger partial charge < -0.3 is 4.74 Å². The maximum Gasteiger partial charge on any atom is 0.276 e. The number of hydrazine groups is 1. The third-order valence-corrected chi connectivity index (χ3v) is 3.51. The minimum absolute atomic E-state index is 0.306. The highest BCUT2D eigenvalue weighted by atomic mass is 79.9. The molecule has 5 nitrogen and oxygen atoms in total. The molecule has 0 saturated heterocycles. The van der Waals surface area contributed by atoms with Gasteiger partial charge in [-0.3, -0.25) is 20.4 Å². The van der Waals surface area contributed by atoms with Crippen LogP contribution in [0.1, 0.15) is 10.4 Å². The molecule has 0 aliphatic rings. The number of amides is 2. The number of nitrogens with one attached hydrogen (secondary N) is 2. The fourth-order valence-corrected chi connectivity index (χ4v) is 2.26. The van der Waals surface area contributed by atoms with E-state index in [9.17, 15) is 14.0 Å². The minimum atomic E-state index is -0.573. The Hall–Kier alpha value is -2.12. The molecule has 120 valence electrons. The van der Waals surface area contributed by atoms with Gasteiger partial charge in [-0.25, -0.2) is 4.39 Å². The molecule has 0 unspecified atom stereocenters. The standard InChI is InChI=1S/C15H11BrClFN2O3/c16-12-7-11(18)4-5-13(12)23-8-14(21)19-20-15(22)9-2-1-3-10(17)6-9/h1-7H,8H2,(H,19,21)(H,20,22). The summed E-state index contributed by atoms with van der Waals surface area (Å²) in [6.07, 6.45) is 0. The second-order valence-electron chi connectivity index (χ2n) is 4.38. The van der Waals surface area contributed by atoms with Gasteiger partial charge in [-0.2, -0.15) is 0 Å². The van der Waals surface area contributed by atoms with Crippen LogP contribution in [0.3, 0.4) is 0 Å². The van der Waals surface area contributed by atoms with E-state index in [2.05, 4.69) is 26.8 Å². The number of rotatable bonds is 4. The van der Waals surface area contributed by atoms with Gasteiger partial charge in [0.25, 0.3) is 11.8 Å². The molecular formula is C15H11BrClFN2O3. The molecule has 0 fully saturated rings. The SMILES string of the molecule is O=C(COc1ccc(F)cc1Br)NNC(=O)c1cccc(Cl)c1. The van der Waals surface area contributed by atoms with Crippen LogP contribution in [0.5, 0.6) is 5.75 Å². The van der Waals surface area contributed by atoms with E-state index in [4.69, 9.17) is 16.3 Å². The Balaban J connectivity index is 1.82. The van der Waals surface area contributed by atoms with E-state index in [1.807, 2.05) is 0 Å². The zero-order chi connectivity index (χ0) is 16.8. The van der Waals surface area contributed by atoms with Crippen molar-refractivity contribution in [3.8, 4) is 5.75 Å². The van der Waals surface area contributed by atoms with E-state index in [-0.39, 0.29) is 6.61 Å². The average Bonchev–Trinajstić information content (AvgIpc) is 2.51. The number of hydrogen-bond acceptors (Lipinski definition) is 3. The largest absolute Gasteiger partial charge is 0.483 e. The second kappa shape index (κ2) is 7.94. The van der Waals surface area contributed by atoms with Gasteiger partial charge in [0.15, 0.2) is 6.61 Å². The lowest BCUT2D eigenvalue weighted by Gasteiger charge is -2.10. The van der Waals surface area contributed by atoms with Crippen molar-refractivity contribution in [1.29, 1.82) is 0 Å². The number of carbonyl (C=O) groups is 2. The molecule has 0 atom stereocenters. The van der Waals surface area contributed by atoms with Crippen molar-refractivity contribution in [3.05, 3.63) is 63.3 Å². The van der Waals surface area contributed by atoms with E-state index >= 15 is 0 Å². The lowest BCUT2D eigenvalue weighted by molar-refractivity contribution is -0.123. The van der Waals surface area contributed by atoms with E-state index < -0.39 is 17.6 Å². The zero-order valence-corrected chi connectivity index (χ0v) is 13.9. The molecule has 0 radical (unpaired) electrons. The molecule has 0 aliphatic heterocycles. The third-order valence-electron chi connectivity index (χ3n) is 2.65. The first kappa shape index (κ1) is 17.2. The van der Waals surface area contributed by atoms with Crippen molar-refractivity contribution in [2.75, 3.05) is 6.61 Å². The maximum absolute atomic E-state index is 12.9. The van der Waals surface area contributed by atoms with Gasteiger partial charge in [-0.15, -0.1) is 0 Å². The monoisotopic (exact) mass is 400 g/mol. The molecule has 0 heterocycles. The van der Waals surface area contributed by atoms with Gasteiger partial charge >= 0.3 is 0 Å². The topological polar surface area (TPSA) is 67.4 Å². The smallest absolute Gasteiger partial charge is 0.276 e. The highest BCUT2D eigenvalue weighted by molar-refractivity contribution is 9.10. The fourth-order valence-electron chi connectivity index (χ4n) is 1.60. The van der Waals surface area contributed by atoms with Crippen LogP contribution in [-0.4, -0.2) is 18.4 Å². The Kier molecular flexibility index (Phi) is 5.95. The normalized spacial score (nSPS) is 10.0. The number of hydrogen-bond donors (Lipinski definition) is 2. The number of carbonyl (C=O) groups excluding carboxylic acids is 2. The highest BCUT2D eigenvalue weighted by Gasteiger charge is 2.09. The average molecular weight is 402 g/mol. The summed E-state index contributed by atoms with van der Waals surface area (Å²) in [6, 6.07) is 10.1. The van der Waals surface area contributed by atoms with Crippen molar-refractivity contribution < 1.29 is 18.7 Å². The summed E-state index contributed by atoms with van der Waals surface area (Å²) in [4.78, 5) is 23.4. The van der Waals surface area contributed by atoms with E-state index in [1.54, 1.807) is 18.2 Å². The van der Waals surface area contributed by atoms with Crippen molar-refractivity contribution in [2.24, 2.45) is 0 Å². The first-order chi connectivity index (χ1) is 11.0. The van der Waals surface area contributed by atoms with Crippen LogP contribution >= 0.6 is 27.5 Å². The molecular weight excluding hydrogens is 391 g/mol. The van der Waals surface area contributed by atoms with Crippen LogP contribution in [0.25, 0.3) is 0 Å². The molecule has 2 rings (SSSR count). The summed E-state index contributed by atoms with van der Waals surface area (Å²) in [6.45, 7) is -0.347. The Morgan fingerprint density at radius 1 is 1.17 bits per heavy atom.